The molecule has 4 bridgehead atoms. The average Bonchev–Trinajstić information content (AvgIpc) is 3.01. The average molecular weight is 621 g/mol. The van der Waals surface area contributed by atoms with Crippen LogP contribution in [0.2, 0.25) is 0 Å². The van der Waals surface area contributed by atoms with Gasteiger partial charge in [0.05, 0.1) is 6.10 Å². The molecule has 2 unspecified atom stereocenters. The third kappa shape index (κ3) is 7.23. The van der Waals surface area contributed by atoms with Crippen molar-refractivity contribution in [2.45, 2.75) is 76.9 Å². The van der Waals surface area contributed by atoms with E-state index in [1.54, 1.807) is 11.8 Å². The van der Waals surface area contributed by atoms with Crippen LogP contribution in [0.1, 0.15) is 85.1 Å². The van der Waals surface area contributed by atoms with E-state index in [9.17, 15) is 19.8 Å². The number of nitrogens with one attached hydrogen (secondary N) is 1. The summed E-state index contributed by atoms with van der Waals surface area (Å²) in [4.78, 5) is 29.8. The van der Waals surface area contributed by atoms with Crippen LogP contribution in [0.4, 0.5) is 0 Å². The first kappa shape index (κ1) is 33.8. The van der Waals surface area contributed by atoms with Crippen LogP contribution >= 0.6 is 11.8 Å². The number of aliphatic hydroxyl groups excluding tert-OH is 1. The summed E-state index contributed by atoms with van der Waals surface area (Å²) in [7, 11) is 0. The molecule has 6 nitrogen and oxygen atoms in total. The molecule has 0 saturated heterocycles. The van der Waals surface area contributed by atoms with Gasteiger partial charge in [-0.2, -0.15) is 11.8 Å². The monoisotopic (exact) mass is 620 g/mol. The molecule has 45 heavy (non-hydrogen) atoms. The van der Waals surface area contributed by atoms with E-state index in [-0.39, 0.29) is 31.6 Å². The first-order chi connectivity index (χ1) is 21.3. The molecule has 2 aromatic carbocycles. The fourth-order valence-corrected chi connectivity index (χ4v) is 9.28. The van der Waals surface area contributed by atoms with Crippen molar-refractivity contribution >= 4 is 23.6 Å². The number of carboxylic acids is 1. The molecular formula is C37H45LiN2O4S. The van der Waals surface area contributed by atoms with Crippen LogP contribution in [0.5, 0.6) is 0 Å². The van der Waals surface area contributed by atoms with Gasteiger partial charge in [-0.1, -0.05) is 36.4 Å². The molecule has 3 aromatic rings. The first-order valence-corrected chi connectivity index (χ1v) is 17.5. The first-order valence-electron chi connectivity index (χ1n) is 16.1. The van der Waals surface area contributed by atoms with Crippen molar-refractivity contribution in [1.29, 1.82) is 0 Å². The molecule has 7 rings (SSSR count). The Bertz CT molecular complexity index is 1500. The number of aromatic nitrogens is 1. The molecule has 4 aliphatic carbocycles. The Morgan fingerprint density at radius 3 is 2.36 bits per heavy atom. The Morgan fingerprint density at radius 2 is 1.71 bits per heavy atom. The summed E-state index contributed by atoms with van der Waals surface area (Å²) in [6.45, 7) is 2.02. The van der Waals surface area contributed by atoms with Gasteiger partial charge in [-0.3, -0.25) is 9.78 Å². The molecule has 0 radical (unpaired) electrons. The van der Waals surface area contributed by atoms with Crippen LogP contribution in [-0.2, 0) is 17.6 Å². The van der Waals surface area contributed by atoms with Crippen molar-refractivity contribution < 1.29 is 40.1 Å². The summed E-state index contributed by atoms with van der Waals surface area (Å²) in [5, 5.41) is 24.4. The molecule has 3 N–H and O–H groups in total. The summed E-state index contributed by atoms with van der Waals surface area (Å²) in [6, 6.07) is 14.9. The number of aryl methyl sites for hydroxylation is 3. The van der Waals surface area contributed by atoms with Gasteiger partial charge in [0.2, 0.25) is 0 Å². The van der Waals surface area contributed by atoms with Gasteiger partial charge < -0.3 is 17.0 Å². The molecule has 8 heteroatoms. The topological polar surface area (TPSA) is 99.5 Å². The van der Waals surface area contributed by atoms with Gasteiger partial charge in [0.1, 0.15) is 6.04 Å². The van der Waals surface area contributed by atoms with Crippen molar-refractivity contribution in [1.82, 2.24) is 10.3 Å². The third-order valence-corrected chi connectivity index (χ3v) is 11.2. The maximum absolute atomic E-state index is 13.5. The van der Waals surface area contributed by atoms with Crippen molar-refractivity contribution in [2.75, 3.05) is 12.0 Å². The molecule has 4 aliphatic rings. The van der Waals surface area contributed by atoms with Crippen LogP contribution in [0.3, 0.4) is 0 Å². The minimum absolute atomic E-state index is 0. The number of hydrogen-bond donors (Lipinski definition) is 3. The van der Waals surface area contributed by atoms with Crippen molar-refractivity contribution in [3.05, 3.63) is 88.7 Å². The number of benzene rings is 2. The minimum atomic E-state index is -1.02. The number of aliphatic hydroxyl groups is 1. The molecule has 0 spiro atoms. The zero-order valence-electron chi connectivity index (χ0n) is 27.8. The SMILES string of the molecule is CSCCC(NC(=O)c1ccc(CCc2cnccc2C(O)C23CC4CC(CC(C4)C2)C3)cc1-c1ccccc1C)C(=O)O.[H-].[Li+]. The predicted octanol–water partition coefficient (Wildman–Crippen LogP) is 4.14. The third-order valence-electron chi connectivity index (χ3n) is 10.6. The van der Waals surface area contributed by atoms with Gasteiger partial charge in [0.25, 0.3) is 5.91 Å². The van der Waals surface area contributed by atoms with Gasteiger partial charge in [-0.25, -0.2) is 4.79 Å². The second-order valence-electron chi connectivity index (χ2n) is 13.6. The molecule has 234 valence electrons. The summed E-state index contributed by atoms with van der Waals surface area (Å²) in [5.41, 5.74) is 6.47. The van der Waals surface area contributed by atoms with Crippen molar-refractivity contribution in [2.24, 2.45) is 23.2 Å². The number of amides is 1. The fourth-order valence-electron chi connectivity index (χ4n) is 8.81. The number of carboxylic acid groups (broad SMARTS) is 1. The number of carbonyl (C=O) groups is 2. The van der Waals surface area contributed by atoms with Crippen molar-refractivity contribution in [3.63, 3.8) is 0 Å². The van der Waals surface area contributed by atoms with E-state index < -0.39 is 18.1 Å². The van der Waals surface area contributed by atoms with Gasteiger partial charge in [-0.15, -0.1) is 0 Å². The quantitative estimate of drug-likeness (QED) is 0.263. The fraction of sp³-hybridized carbons (Fsp3) is 0.486. The van der Waals surface area contributed by atoms with E-state index in [0.29, 0.717) is 17.7 Å². The molecule has 1 aromatic heterocycles. The summed E-state index contributed by atoms with van der Waals surface area (Å²) < 4.78 is 0. The minimum Gasteiger partial charge on any atom is -1.00 e. The molecule has 0 aliphatic heterocycles. The Morgan fingerprint density at radius 1 is 1.02 bits per heavy atom. The normalized spacial score (nSPS) is 24.5. The van der Waals surface area contributed by atoms with Gasteiger partial charge in [-0.05, 0) is 140 Å². The maximum Gasteiger partial charge on any atom is 1.00 e. The second-order valence-corrected chi connectivity index (χ2v) is 14.6. The Hall–Kier alpha value is -2.56. The zero-order valence-corrected chi connectivity index (χ0v) is 27.6. The Labute approximate surface area is 284 Å². The summed E-state index contributed by atoms with van der Waals surface area (Å²) >= 11 is 1.56. The van der Waals surface area contributed by atoms with Gasteiger partial charge in [0.15, 0.2) is 0 Å². The number of hydrogen-bond acceptors (Lipinski definition) is 5. The molecule has 2 atom stereocenters. The standard InChI is InChI=1S/C37H44N2O4S.Li.H/c1-23-5-3-4-6-29(23)32-18-24(8-10-31(32)35(41)39-33(36(42)43)12-14-44-2)7-9-28-22-38-13-11-30(28)34(40)37-19-25-15-26(20-37)17-27(16-25)21-37;;/h3-6,8,10-11,13,18,22,25-27,33-34,40H,7,9,12,14-17,19-21H2,1-2H3,(H,39,41)(H,42,43);;/q;+1;-1. The Balaban J connectivity index is 0.00000240. The van der Waals surface area contributed by atoms with Crippen LogP contribution in [0.25, 0.3) is 11.1 Å². The number of nitrogens with zero attached hydrogens (tertiary/aromatic N) is 1. The van der Waals surface area contributed by atoms with Crippen LogP contribution in [0.15, 0.2) is 60.9 Å². The van der Waals surface area contributed by atoms with Crippen LogP contribution < -0.4 is 24.2 Å². The Kier molecular flexibility index (Phi) is 10.9. The van der Waals surface area contributed by atoms with E-state index in [2.05, 4.69) is 16.4 Å². The second kappa shape index (κ2) is 14.5. The summed E-state index contributed by atoms with van der Waals surface area (Å²) in [5.74, 6) is 1.56. The molecule has 4 fully saturated rings. The number of thioether (sulfide) groups is 1. The molecule has 1 heterocycles. The largest absolute Gasteiger partial charge is 1.00 e. The number of rotatable bonds is 12. The van der Waals surface area contributed by atoms with Gasteiger partial charge in [0, 0.05) is 23.4 Å². The maximum atomic E-state index is 13.5. The van der Waals surface area contributed by atoms with Crippen molar-refractivity contribution in [3.8, 4) is 11.1 Å². The number of carbonyl (C=O) groups excluding carboxylic acids is 1. The van der Waals surface area contributed by atoms with E-state index in [1.807, 2.05) is 68.0 Å². The number of aliphatic carboxylic acids is 1. The number of pyridine rings is 1. The summed E-state index contributed by atoms with van der Waals surface area (Å²) in [6.07, 6.45) is 14.5. The molecular weight excluding hydrogens is 575 g/mol. The van der Waals surface area contributed by atoms with Gasteiger partial charge >= 0.3 is 24.8 Å². The van der Waals surface area contributed by atoms with E-state index in [1.165, 1.54) is 19.3 Å². The van der Waals surface area contributed by atoms with Crippen LogP contribution in [-0.4, -0.2) is 45.1 Å². The molecule has 4 saturated carbocycles. The zero-order chi connectivity index (χ0) is 30.8. The van der Waals surface area contributed by atoms with E-state index in [4.69, 9.17) is 0 Å². The van der Waals surface area contributed by atoms with E-state index in [0.717, 1.165) is 83.2 Å². The predicted molar refractivity (Wildman–Crippen MR) is 177 cm³/mol. The van der Waals surface area contributed by atoms with E-state index >= 15 is 0 Å². The van der Waals surface area contributed by atoms with Crippen LogP contribution in [0, 0.1) is 30.1 Å². The smallest absolute Gasteiger partial charge is 1.00 e. The molecule has 1 amide bonds.